The van der Waals surface area contributed by atoms with Gasteiger partial charge in [0.2, 0.25) is 0 Å². The number of benzene rings is 2. The fourth-order valence-corrected chi connectivity index (χ4v) is 7.42. The maximum absolute atomic E-state index is 13.2. The minimum Gasteiger partial charge on any atom is -0.504 e. The molecule has 0 aromatic heterocycles. The Bertz CT molecular complexity index is 1360. The average Bonchev–Trinajstić information content (AvgIpc) is 3.20. The van der Waals surface area contributed by atoms with Gasteiger partial charge in [-0.1, -0.05) is 18.1 Å². The Hall–Kier alpha value is -3.57. The molecule has 2 bridgehead atoms. The summed E-state index contributed by atoms with van der Waals surface area (Å²) in [7, 11) is 3.85. The van der Waals surface area contributed by atoms with Crippen molar-refractivity contribution in [3.05, 3.63) is 62.7 Å². The highest BCUT2D eigenvalue weighted by Crippen LogP contribution is 2.65. The summed E-state index contributed by atoms with van der Waals surface area (Å²) in [6, 6.07) is 8.87. The zero-order valence-corrected chi connectivity index (χ0v) is 20.7. The number of likely N-dealkylation sites (N-methyl/N-ethyl adjacent to an activating group) is 2. The van der Waals surface area contributed by atoms with Gasteiger partial charge in [-0.25, -0.2) is 0 Å². The fraction of sp³-hybridized carbons (Fsp3) is 0.464. The highest BCUT2D eigenvalue weighted by atomic mass is 16.6. The number of carbonyl (C=O) groups is 1. The van der Waals surface area contributed by atoms with Crippen LogP contribution in [0.25, 0.3) is 0 Å². The highest BCUT2D eigenvalue weighted by Gasteiger charge is 2.67. The van der Waals surface area contributed by atoms with Gasteiger partial charge in [-0.15, -0.1) is 0 Å². The molecule has 5 atom stereocenters. The number of rotatable bonds is 2. The van der Waals surface area contributed by atoms with Crippen LogP contribution in [0.4, 0.5) is 5.69 Å². The van der Waals surface area contributed by atoms with E-state index in [1.54, 1.807) is 11.9 Å². The van der Waals surface area contributed by atoms with Gasteiger partial charge in [-0.05, 0) is 69.8 Å². The number of aromatic hydroxyl groups is 1. The second-order valence-electron chi connectivity index (χ2n) is 10.7. The number of phenolic OH excluding ortho intramolecular Hbond substituents is 1. The molecular formula is C28H29N3O5. The van der Waals surface area contributed by atoms with E-state index in [2.05, 4.69) is 23.8 Å². The van der Waals surface area contributed by atoms with Crippen LogP contribution in [-0.2, 0) is 16.6 Å². The highest BCUT2D eigenvalue weighted by molar-refractivity contribution is 5.94. The first kappa shape index (κ1) is 22.9. The minimum absolute atomic E-state index is 0.0378. The number of ether oxygens (including phenoxy) is 1. The van der Waals surface area contributed by atoms with Crippen molar-refractivity contribution in [2.45, 2.75) is 56.2 Å². The van der Waals surface area contributed by atoms with Gasteiger partial charge < -0.3 is 19.6 Å². The zero-order valence-electron chi connectivity index (χ0n) is 20.7. The fourth-order valence-electron chi connectivity index (χ4n) is 7.42. The van der Waals surface area contributed by atoms with E-state index < -0.39 is 10.3 Å². The molecule has 2 aliphatic carbocycles. The first-order valence-electron chi connectivity index (χ1n) is 12.5. The molecule has 0 unspecified atom stereocenters. The number of hydrogen-bond acceptors (Lipinski definition) is 6. The molecule has 8 nitrogen and oxygen atoms in total. The summed E-state index contributed by atoms with van der Waals surface area (Å²) in [6.07, 6.45) is 2.58. The van der Waals surface area contributed by atoms with E-state index in [-0.39, 0.29) is 41.4 Å². The lowest BCUT2D eigenvalue weighted by atomic mass is 9.51. The Kier molecular flexibility index (Phi) is 5.06. The molecule has 6 rings (SSSR count). The molecule has 2 aliphatic heterocycles. The first-order chi connectivity index (χ1) is 17.2. The molecule has 1 spiro atoms. The molecule has 2 heterocycles. The summed E-state index contributed by atoms with van der Waals surface area (Å²) in [6.45, 7) is 2.82. The van der Waals surface area contributed by atoms with Crippen LogP contribution in [-0.4, -0.2) is 64.6 Å². The van der Waals surface area contributed by atoms with E-state index >= 15 is 0 Å². The third-order valence-electron chi connectivity index (χ3n) is 9.02. The topological polar surface area (TPSA) is 96.2 Å². The van der Waals surface area contributed by atoms with Gasteiger partial charge in [-0.2, -0.15) is 0 Å². The van der Waals surface area contributed by atoms with E-state index in [1.165, 1.54) is 6.07 Å². The zero-order chi connectivity index (χ0) is 25.4. The molecule has 1 amide bonds. The van der Waals surface area contributed by atoms with Crippen molar-refractivity contribution in [2.24, 2.45) is 5.92 Å². The van der Waals surface area contributed by atoms with Gasteiger partial charge in [0.1, 0.15) is 6.10 Å². The van der Waals surface area contributed by atoms with Crippen LogP contribution in [0.2, 0.25) is 0 Å². The summed E-state index contributed by atoms with van der Waals surface area (Å²) >= 11 is 0. The normalized spacial score (nSPS) is 29.4. The summed E-state index contributed by atoms with van der Waals surface area (Å²) in [5, 5.41) is 22.8. The lowest BCUT2D eigenvalue weighted by Gasteiger charge is -2.59. The Morgan fingerprint density at radius 3 is 2.89 bits per heavy atom. The standard InChI is InChI=1S/C28H29N3O5/c1-16-5-4-6-17(13-16)7-10-24(33)30(3)20-9-8-19-22-14-18-21(31(34)35)15-23(32)26-25(18)28(19,27(20)36-26)11-12-29(22)2/h4-6,13,15,19-20,22,27,32H,8-9,11-12,14H2,1-3H3/t19-,20-,22+,27-,28-/m0/s1. The number of amides is 1. The lowest BCUT2D eigenvalue weighted by Crippen LogP contribution is -2.68. The average molecular weight is 488 g/mol. The number of likely N-dealkylation sites (tertiary alicyclic amines) is 1. The summed E-state index contributed by atoms with van der Waals surface area (Å²) < 4.78 is 6.51. The molecule has 0 radical (unpaired) electrons. The monoisotopic (exact) mass is 487 g/mol. The molecule has 2 fully saturated rings. The summed E-state index contributed by atoms with van der Waals surface area (Å²) in [5.74, 6) is 5.91. The molecule has 36 heavy (non-hydrogen) atoms. The molecule has 1 saturated carbocycles. The summed E-state index contributed by atoms with van der Waals surface area (Å²) in [5.41, 5.74) is 2.85. The van der Waals surface area contributed by atoms with Crippen molar-refractivity contribution >= 4 is 11.6 Å². The van der Waals surface area contributed by atoms with E-state index in [4.69, 9.17) is 4.74 Å². The molecular weight excluding hydrogens is 458 g/mol. The third-order valence-corrected chi connectivity index (χ3v) is 9.02. The summed E-state index contributed by atoms with van der Waals surface area (Å²) in [4.78, 5) is 28.8. The number of piperidine rings is 1. The number of hydrogen-bond donors (Lipinski definition) is 1. The van der Waals surface area contributed by atoms with E-state index in [9.17, 15) is 20.0 Å². The van der Waals surface area contributed by atoms with E-state index in [0.29, 0.717) is 17.7 Å². The molecule has 2 aromatic rings. The quantitative estimate of drug-likeness (QED) is 0.397. The van der Waals surface area contributed by atoms with E-state index in [1.807, 2.05) is 31.2 Å². The molecule has 8 heteroatoms. The van der Waals surface area contributed by atoms with Crippen LogP contribution in [0.3, 0.4) is 0 Å². The Morgan fingerprint density at radius 1 is 1.33 bits per heavy atom. The Labute approximate surface area is 210 Å². The number of aryl methyl sites for hydroxylation is 1. The van der Waals surface area contributed by atoms with Crippen LogP contribution < -0.4 is 4.74 Å². The third kappa shape index (κ3) is 3.09. The van der Waals surface area contributed by atoms with Crippen LogP contribution in [0, 0.1) is 34.8 Å². The largest absolute Gasteiger partial charge is 0.504 e. The molecule has 1 N–H and O–H groups in total. The van der Waals surface area contributed by atoms with Crippen LogP contribution in [0.5, 0.6) is 11.5 Å². The van der Waals surface area contributed by atoms with Gasteiger partial charge in [0.05, 0.1) is 17.0 Å². The van der Waals surface area contributed by atoms with Crippen molar-refractivity contribution in [2.75, 3.05) is 20.6 Å². The van der Waals surface area contributed by atoms with Crippen LogP contribution in [0.15, 0.2) is 30.3 Å². The van der Waals surface area contributed by atoms with Gasteiger partial charge in [0, 0.05) is 41.1 Å². The number of carbonyl (C=O) groups excluding carboxylic acids is 1. The number of nitrogens with zero attached hydrogens (tertiary/aromatic N) is 3. The maximum Gasteiger partial charge on any atom is 0.298 e. The van der Waals surface area contributed by atoms with Gasteiger partial charge in [0.15, 0.2) is 11.5 Å². The molecule has 4 aliphatic rings. The molecule has 186 valence electrons. The predicted octanol–water partition coefficient (Wildman–Crippen LogP) is 3.16. The smallest absolute Gasteiger partial charge is 0.298 e. The number of phenols is 1. The molecule has 2 aromatic carbocycles. The second kappa shape index (κ2) is 7.97. The number of nitro benzene ring substituents is 1. The van der Waals surface area contributed by atoms with Crippen LogP contribution >= 0.6 is 0 Å². The lowest BCUT2D eigenvalue weighted by molar-refractivity contribution is -0.385. The second-order valence-corrected chi connectivity index (χ2v) is 10.7. The van der Waals surface area contributed by atoms with Crippen molar-refractivity contribution in [3.8, 4) is 23.3 Å². The van der Waals surface area contributed by atoms with Gasteiger partial charge in [0.25, 0.3) is 11.6 Å². The van der Waals surface area contributed by atoms with Gasteiger partial charge in [-0.3, -0.25) is 14.9 Å². The van der Waals surface area contributed by atoms with Crippen molar-refractivity contribution in [1.82, 2.24) is 9.80 Å². The van der Waals surface area contributed by atoms with Crippen molar-refractivity contribution in [1.29, 1.82) is 0 Å². The minimum atomic E-state index is -0.467. The first-order valence-corrected chi connectivity index (χ1v) is 12.5. The van der Waals surface area contributed by atoms with Crippen molar-refractivity contribution < 1.29 is 19.6 Å². The van der Waals surface area contributed by atoms with E-state index in [0.717, 1.165) is 42.5 Å². The number of nitro groups is 1. The van der Waals surface area contributed by atoms with Gasteiger partial charge >= 0.3 is 0 Å². The molecule has 1 saturated heterocycles. The van der Waals surface area contributed by atoms with Crippen molar-refractivity contribution in [3.63, 3.8) is 0 Å². The predicted molar refractivity (Wildman–Crippen MR) is 133 cm³/mol. The maximum atomic E-state index is 13.2. The Balaban J connectivity index is 1.41. The SMILES string of the molecule is Cc1cccc(C#CC(=O)N(C)[C@H]2CC[C@H]3[C@H]4Cc5c([N+](=O)[O-])cc(O)c6c5[C@@]3(CCN4C)[C@H]2O6)c1. The Morgan fingerprint density at radius 2 is 2.14 bits per heavy atom. The van der Waals surface area contributed by atoms with Crippen LogP contribution in [0.1, 0.15) is 41.5 Å².